The molecule has 32 heavy (non-hydrogen) atoms. The van der Waals surface area contributed by atoms with Gasteiger partial charge in [0.25, 0.3) is 15.9 Å². The molecule has 0 radical (unpaired) electrons. The minimum Gasteiger partial charge on any atom is -0.491 e. The Labute approximate surface area is 189 Å². The van der Waals surface area contributed by atoms with Crippen molar-refractivity contribution >= 4 is 27.3 Å². The van der Waals surface area contributed by atoms with Gasteiger partial charge in [-0.2, -0.15) is 0 Å². The fourth-order valence-electron chi connectivity index (χ4n) is 3.17. The fourth-order valence-corrected chi connectivity index (χ4v) is 4.56. The number of hydrogen-bond donors (Lipinski definition) is 2. The summed E-state index contributed by atoms with van der Waals surface area (Å²) in [6.45, 7) is 9.31. The highest BCUT2D eigenvalue weighted by Gasteiger charge is 2.20. The molecule has 3 aromatic rings. The molecule has 0 saturated carbocycles. The number of rotatable bonds is 7. The van der Waals surface area contributed by atoms with Crippen LogP contribution in [0.5, 0.6) is 5.75 Å². The predicted molar refractivity (Wildman–Crippen MR) is 128 cm³/mol. The van der Waals surface area contributed by atoms with Gasteiger partial charge in [0.05, 0.1) is 16.7 Å². The first-order chi connectivity index (χ1) is 15.0. The zero-order chi connectivity index (χ0) is 23.5. The molecule has 168 valence electrons. The maximum Gasteiger partial charge on any atom is 0.262 e. The van der Waals surface area contributed by atoms with Crippen molar-refractivity contribution in [3.05, 3.63) is 82.9 Å². The average Bonchev–Trinajstić information content (AvgIpc) is 2.71. The van der Waals surface area contributed by atoms with E-state index in [9.17, 15) is 13.2 Å². The van der Waals surface area contributed by atoms with Crippen molar-refractivity contribution in [3.63, 3.8) is 0 Å². The van der Waals surface area contributed by atoms with E-state index in [1.165, 1.54) is 6.07 Å². The van der Waals surface area contributed by atoms with E-state index in [0.29, 0.717) is 22.7 Å². The molecule has 0 bridgehead atoms. The number of benzene rings is 3. The number of aryl methyl sites for hydroxylation is 3. The standard InChI is InChI=1S/C25H28N2O4S/c1-16(2)31-22-12-10-21(11-13-22)26-25(28)20-9-8-19(5)24(15-20)32(29,30)27-23-14-17(3)6-7-18(23)4/h6-16,27H,1-5H3,(H,26,28). The first kappa shape index (κ1) is 23.3. The van der Waals surface area contributed by atoms with Gasteiger partial charge in [-0.3, -0.25) is 9.52 Å². The van der Waals surface area contributed by atoms with E-state index in [-0.39, 0.29) is 16.6 Å². The molecule has 7 heteroatoms. The Morgan fingerprint density at radius 3 is 2.19 bits per heavy atom. The number of amides is 1. The van der Waals surface area contributed by atoms with Gasteiger partial charge < -0.3 is 10.1 Å². The second kappa shape index (κ2) is 9.44. The van der Waals surface area contributed by atoms with E-state index in [4.69, 9.17) is 4.74 Å². The Morgan fingerprint density at radius 2 is 1.53 bits per heavy atom. The molecular formula is C25H28N2O4S. The number of hydrogen-bond acceptors (Lipinski definition) is 4. The quantitative estimate of drug-likeness (QED) is 0.499. The highest BCUT2D eigenvalue weighted by molar-refractivity contribution is 7.92. The molecule has 0 aliphatic heterocycles. The van der Waals surface area contributed by atoms with E-state index in [1.807, 2.05) is 39.8 Å². The van der Waals surface area contributed by atoms with Crippen LogP contribution in [0.15, 0.2) is 65.6 Å². The van der Waals surface area contributed by atoms with Gasteiger partial charge in [-0.1, -0.05) is 18.2 Å². The van der Waals surface area contributed by atoms with Crippen LogP contribution >= 0.6 is 0 Å². The third-order valence-corrected chi connectivity index (χ3v) is 6.37. The molecule has 0 atom stereocenters. The number of carbonyl (C=O) groups is 1. The van der Waals surface area contributed by atoms with E-state index < -0.39 is 15.9 Å². The van der Waals surface area contributed by atoms with Crippen molar-refractivity contribution in [2.24, 2.45) is 0 Å². The largest absolute Gasteiger partial charge is 0.491 e. The topological polar surface area (TPSA) is 84.5 Å². The third kappa shape index (κ3) is 5.68. The third-order valence-electron chi connectivity index (χ3n) is 4.86. The average molecular weight is 453 g/mol. The van der Waals surface area contributed by atoms with Crippen LogP contribution in [-0.2, 0) is 10.0 Å². The molecule has 1 amide bonds. The van der Waals surface area contributed by atoms with E-state index in [1.54, 1.807) is 49.4 Å². The maximum atomic E-state index is 13.1. The van der Waals surface area contributed by atoms with E-state index >= 15 is 0 Å². The fraction of sp³-hybridized carbons (Fsp3) is 0.240. The molecule has 0 unspecified atom stereocenters. The Bertz CT molecular complexity index is 1230. The maximum absolute atomic E-state index is 13.1. The van der Waals surface area contributed by atoms with Gasteiger partial charge in [-0.05, 0) is 93.8 Å². The molecule has 2 N–H and O–H groups in total. The molecule has 3 rings (SSSR count). The van der Waals surface area contributed by atoms with Crippen molar-refractivity contribution in [1.82, 2.24) is 0 Å². The normalized spacial score (nSPS) is 11.3. The number of anilines is 2. The molecule has 0 aromatic heterocycles. The highest BCUT2D eigenvalue weighted by Crippen LogP contribution is 2.24. The number of ether oxygens (including phenoxy) is 1. The summed E-state index contributed by atoms with van der Waals surface area (Å²) < 4.78 is 34.4. The van der Waals surface area contributed by atoms with Crippen molar-refractivity contribution in [3.8, 4) is 5.75 Å². The molecule has 0 fully saturated rings. The minimum absolute atomic E-state index is 0.0561. The first-order valence-electron chi connectivity index (χ1n) is 10.3. The molecule has 0 spiro atoms. The Hall–Kier alpha value is -3.32. The summed E-state index contributed by atoms with van der Waals surface area (Å²) in [5.74, 6) is 0.310. The summed E-state index contributed by atoms with van der Waals surface area (Å²) in [7, 11) is -3.88. The highest BCUT2D eigenvalue weighted by atomic mass is 32.2. The van der Waals surface area contributed by atoms with Crippen molar-refractivity contribution in [2.75, 3.05) is 10.0 Å². The molecule has 0 saturated heterocycles. The van der Waals surface area contributed by atoms with Gasteiger partial charge >= 0.3 is 0 Å². The van der Waals surface area contributed by atoms with Crippen LogP contribution in [-0.4, -0.2) is 20.4 Å². The van der Waals surface area contributed by atoms with Gasteiger partial charge in [0.1, 0.15) is 5.75 Å². The Balaban J connectivity index is 1.83. The summed E-state index contributed by atoms with van der Waals surface area (Å²) >= 11 is 0. The lowest BCUT2D eigenvalue weighted by Gasteiger charge is -2.14. The van der Waals surface area contributed by atoms with Crippen molar-refractivity contribution in [2.45, 2.75) is 45.6 Å². The summed E-state index contributed by atoms with van der Waals surface area (Å²) in [4.78, 5) is 12.8. The van der Waals surface area contributed by atoms with Crippen LogP contribution in [0, 0.1) is 20.8 Å². The summed E-state index contributed by atoms with van der Waals surface area (Å²) in [5, 5.41) is 2.79. The lowest BCUT2D eigenvalue weighted by Crippen LogP contribution is -2.17. The minimum atomic E-state index is -3.88. The van der Waals surface area contributed by atoms with Gasteiger partial charge in [0.15, 0.2) is 0 Å². The summed E-state index contributed by atoms with van der Waals surface area (Å²) in [6.07, 6.45) is 0.0561. The van der Waals surface area contributed by atoms with E-state index in [0.717, 1.165) is 11.1 Å². The SMILES string of the molecule is Cc1ccc(C)c(NS(=O)(=O)c2cc(C(=O)Nc3ccc(OC(C)C)cc3)ccc2C)c1. The van der Waals surface area contributed by atoms with Gasteiger partial charge in [0, 0.05) is 11.3 Å². The molecule has 6 nitrogen and oxygen atoms in total. The van der Waals surface area contributed by atoms with Crippen molar-refractivity contribution < 1.29 is 17.9 Å². The van der Waals surface area contributed by atoms with Crippen LogP contribution in [0.3, 0.4) is 0 Å². The summed E-state index contributed by atoms with van der Waals surface area (Å²) in [5.41, 5.74) is 3.67. The Morgan fingerprint density at radius 1 is 0.875 bits per heavy atom. The second-order valence-corrected chi connectivity index (χ2v) is 9.70. The molecule has 3 aromatic carbocycles. The zero-order valence-electron chi connectivity index (χ0n) is 18.9. The number of nitrogens with one attached hydrogen (secondary N) is 2. The Kier molecular flexibility index (Phi) is 6.89. The molecule has 0 aliphatic rings. The van der Waals surface area contributed by atoms with Crippen LogP contribution in [0.4, 0.5) is 11.4 Å². The first-order valence-corrected chi connectivity index (χ1v) is 11.8. The molecule has 0 heterocycles. The van der Waals surface area contributed by atoms with Crippen molar-refractivity contribution in [1.29, 1.82) is 0 Å². The van der Waals surface area contributed by atoms with Crippen LogP contribution in [0.2, 0.25) is 0 Å². The van der Waals surface area contributed by atoms with Gasteiger partial charge in [0.2, 0.25) is 0 Å². The van der Waals surface area contributed by atoms with Gasteiger partial charge in [-0.15, -0.1) is 0 Å². The second-order valence-electron chi connectivity index (χ2n) is 8.05. The van der Waals surface area contributed by atoms with Crippen LogP contribution in [0.1, 0.15) is 40.9 Å². The summed E-state index contributed by atoms with van der Waals surface area (Å²) in [6, 6.07) is 17.2. The van der Waals surface area contributed by atoms with E-state index in [2.05, 4.69) is 10.0 Å². The van der Waals surface area contributed by atoms with Gasteiger partial charge in [-0.25, -0.2) is 8.42 Å². The van der Waals surface area contributed by atoms with Crippen LogP contribution < -0.4 is 14.8 Å². The predicted octanol–water partition coefficient (Wildman–Crippen LogP) is 5.45. The smallest absolute Gasteiger partial charge is 0.262 e. The lowest BCUT2D eigenvalue weighted by atomic mass is 10.1. The van der Waals surface area contributed by atoms with Crippen LogP contribution in [0.25, 0.3) is 0 Å². The number of sulfonamides is 1. The lowest BCUT2D eigenvalue weighted by molar-refractivity contribution is 0.102. The molecule has 0 aliphatic carbocycles. The zero-order valence-corrected chi connectivity index (χ0v) is 19.7. The molecular weight excluding hydrogens is 424 g/mol. The number of carbonyl (C=O) groups excluding carboxylic acids is 1. The monoisotopic (exact) mass is 452 g/mol.